The predicted octanol–water partition coefficient (Wildman–Crippen LogP) is 4.09. The molecular formula is C21H27N3O2. The van der Waals surface area contributed by atoms with Gasteiger partial charge < -0.3 is 9.64 Å². The molecule has 0 saturated carbocycles. The second-order valence-corrected chi connectivity index (χ2v) is 5.81. The molecule has 0 aliphatic heterocycles. The van der Waals surface area contributed by atoms with Crippen molar-refractivity contribution in [1.29, 1.82) is 0 Å². The lowest BCUT2D eigenvalue weighted by atomic mass is 10.2. The molecule has 0 bridgehead atoms. The van der Waals surface area contributed by atoms with Crippen molar-refractivity contribution in [3.63, 3.8) is 0 Å². The van der Waals surface area contributed by atoms with Crippen LogP contribution in [0.15, 0.2) is 53.6 Å². The average molecular weight is 353 g/mol. The summed E-state index contributed by atoms with van der Waals surface area (Å²) in [7, 11) is 0. The first-order valence-corrected chi connectivity index (χ1v) is 9.09. The lowest BCUT2D eigenvalue weighted by Crippen LogP contribution is -2.21. The Morgan fingerprint density at radius 3 is 2.42 bits per heavy atom. The Bertz CT molecular complexity index is 722. The second kappa shape index (κ2) is 10.2. The first-order chi connectivity index (χ1) is 12.7. The molecule has 0 aliphatic carbocycles. The molecule has 0 unspecified atom stereocenters. The van der Waals surface area contributed by atoms with Gasteiger partial charge in [-0.3, -0.25) is 4.79 Å². The smallest absolute Gasteiger partial charge is 0.275 e. The monoisotopic (exact) mass is 353 g/mol. The molecule has 5 nitrogen and oxygen atoms in total. The summed E-state index contributed by atoms with van der Waals surface area (Å²) in [5, 5.41) is 4.06. The number of para-hydroxylation sites is 1. The summed E-state index contributed by atoms with van der Waals surface area (Å²) in [5.41, 5.74) is 5.15. The Balaban J connectivity index is 1.99. The molecule has 0 spiro atoms. The summed E-state index contributed by atoms with van der Waals surface area (Å²) >= 11 is 0. The van der Waals surface area contributed by atoms with Crippen LogP contribution in [-0.4, -0.2) is 31.8 Å². The molecular weight excluding hydrogens is 326 g/mol. The van der Waals surface area contributed by atoms with E-state index >= 15 is 0 Å². The molecule has 0 heterocycles. The third-order valence-corrected chi connectivity index (χ3v) is 3.99. The van der Waals surface area contributed by atoms with Crippen molar-refractivity contribution in [2.45, 2.75) is 27.2 Å². The average Bonchev–Trinajstić information content (AvgIpc) is 2.68. The minimum Gasteiger partial charge on any atom is -0.493 e. The Morgan fingerprint density at radius 2 is 1.77 bits per heavy atom. The van der Waals surface area contributed by atoms with Gasteiger partial charge in [-0.1, -0.05) is 31.2 Å². The summed E-state index contributed by atoms with van der Waals surface area (Å²) in [5.74, 6) is 0.290. The maximum Gasteiger partial charge on any atom is 0.275 e. The molecule has 0 atom stereocenters. The quantitative estimate of drug-likeness (QED) is 0.546. The van der Waals surface area contributed by atoms with Crippen LogP contribution in [0.3, 0.4) is 0 Å². The molecule has 5 heteroatoms. The largest absolute Gasteiger partial charge is 0.493 e. The Kier molecular flexibility index (Phi) is 7.68. The van der Waals surface area contributed by atoms with E-state index < -0.39 is 0 Å². The van der Waals surface area contributed by atoms with Gasteiger partial charge in [-0.05, 0) is 50.1 Å². The van der Waals surface area contributed by atoms with E-state index in [4.69, 9.17) is 4.74 Å². The molecule has 2 rings (SSSR count). The van der Waals surface area contributed by atoms with Gasteiger partial charge in [-0.25, -0.2) is 5.43 Å². The molecule has 26 heavy (non-hydrogen) atoms. The lowest BCUT2D eigenvalue weighted by molar-refractivity contribution is 0.0951. The van der Waals surface area contributed by atoms with Crippen molar-refractivity contribution in [3.8, 4) is 5.75 Å². The highest BCUT2D eigenvalue weighted by Gasteiger charge is 2.10. The van der Waals surface area contributed by atoms with Crippen LogP contribution in [-0.2, 0) is 0 Å². The predicted molar refractivity (Wildman–Crippen MR) is 107 cm³/mol. The van der Waals surface area contributed by atoms with Crippen LogP contribution in [0.25, 0.3) is 0 Å². The normalized spacial score (nSPS) is 10.7. The highest BCUT2D eigenvalue weighted by Crippen LogP contribution is 2.18. The zero-order chi connectivity index (χ0) is 18.8. The van der Waals surface area contributed by atoms with Crippen molar-refractivity contribution >= 4 is 17.8 Å². The molecule has 1 amide bonds. The van der Waals surface area contributed by atoms with E-state index in [9.17, 15) is 4.79 Å². The maximum absolute atomic E-state index is 12.3. The van der Waals surface area contributed by atoms with Gasteiger partial charge in [0.15, 0.2) is 0 Å². The minimum atomic E-state index is -0.285. The highest BCUT2D eigenvalue weighted by molar-refractivity contribution is 5.97. The highest BCUT2D eigenvalue weighted by atomic mass is 16.5. The zero-order valence-electron chi connectivity index (χ0n) is 15.7. The van der Waals surface area contributed by atoms with Crippen LogP contribution >= 0.6 is 0 Å². The standard InChI is InChI=1S/C21H27N3O2/c1-4-15-26-20-10-8-7-9-19(20)21(25)23-22-16-17-11-13-18(14-12-17)24(5-2)6-3/h7-14,16H,4-6,15H2,1-3H3,(H,23,25). The van der Waals surface area contributed by atoms with Crippen LogP contribution in [0, 0.1) is 0 Å². The number of anilines is 1. The molecule has 0 fully saturated rings. The fourth-order valence-corrected chi connectivity index (χ4v) is 2.58. The molecule has 0 saturated heterocycles. The third kappa shape index (κ3) is 5.34. The van der Waals surface area contributed by atoms with Gasteiger partial charge in [-0.15, -0.1) is 0 Å². The Labute approximate surface area is 155 Å². The summed E-state index contributed by atoms with van der Waals surface area (Å²) < 4.78 is 5.61. The number of ether oxygens (including phenoxy) is 1. The zero-order valence-corrected chi connectivity index (χ0v) is 15.7. The van der Waals surface area contributed by atoms with Crippen LogP contribution in [0.5, 0.6) is 5.75 Å². The van der Waals surface area contributed by atoms with E-state index in [0.717, 1.165) is 25.1 Å². The number of hydrogen-bond acceptors (Lipinski definition) is 4. The van der Waals surface area contributed by atoms with Crippen molar-refractivity contribution in [3.05, 3.63) is 59.7 Å². The number of hydrazone groups is 1. The number of carbonyl (C=O) groups is 1. The molecule has 0 aliphatic rings. The van der Waals surface area contributed by atoms with Crippen LogP contribution in [0.1, 0.15) is 43.1 Å². The van der Waals surface area contributed by atoms with Crippen molar-refractivity contribution in [1.82, 2.24) is 5.43 Å². The lowest BCUT2D eigenvalue weighted by Gasteiger charge is -2.20. The fraction of sp³-hybridized carbons (Fsp3) is 0.333. The number of amides is 1. The van der Waals surface area contributed by atoms with Crippen LogP contribution < -0.4 is 15.1 Å². The molecule has 0 radical (unpaired) electrons. The van der Waals surface area contributed by atoms with Gasteiger partial charge in [0.1, 0.15) is 5.75 Å². The number of nitrogens with one attached hydrogen (secondary N) is 1. The number of carbonyl (C=O) groups excluding carboxylic acids is 1. The number of nitrogens with zero attached hydrogens (tertiary/aromatic N) is 2. The van der Waals surface area contributed by atoms with Crippen LogP contribution in [0.4, 0.5) is 5.69 Å². The van der Waals surface area contributed by atoms with Gasteiger partial charge in [0.05, 0.1) is 18.4 Å². The van der Waals surface area contributed by atoms with Gasteiger partial charge >= 0.3 is 0 Å². The van der Waals surface area contributed by atoms with Crippen molar-refractivity contribution in [2.75, 3.05) is 24.6 Å². The molecule has 2 aromatic carbocycles. The van der Waals surface area contributed by atoms with Gasteiger partial charge in [-0.2, -0.15) is 5.10 Å². The summed E-state index contributed by atoms with van der Waals surface area (Å²) in [6.07, 6.45) is 2.52. The molecule has 138 valence electrons. The van der Waals surface area contributed by atoms with E-state index in [-0.39, 0.29) is 5.91 Å². The van der Waals surface area contributed by atoms with E-state index in [1.54, 1.807) is 18.3 Å². The minimum absolute atomic E-state index is 0.285. The summed E-state index contributed by atoms with van der Waals surface area (Å²) in [6.45, 7) is 8.82. The summed E-state index contributed by atoms with van der Waals surface area (Å²) in [4.78, 5) is 14.6. The SMILES string of the molecule is CCCOc1ccccc1C(=O)NN=Cc1ccc(N(CC)CC)cc1. The maximum atomic E-state index is 12.3. The first-order valence-electron chi connectivity index (χ1n) is 9.09. The van der Waals surface area contributed by atoms with E-state index in [1.165, 1.54) is 5.69 Å². The van der Waals surface area contributed by atoms with E-state index in [1.807, 2.05) is 31.2 Å². The van der Waals surface area contributed by atoms with Gasteiger partial charge in [0.2, 0.25) is 0 Å². The third-order valence-electron chi connectivity index (χ3n) is 3.99. The second-order valence-electron chi connectivity index (χ2n) is 5.81. The van der Waals surface area contributed by atoms with Gasteiger partial charge in [0.25, 0.3) is 5.91 Å². The number of benzene rings is 2. The Morgan fingerprint density at radius 1 is 1.08 bits per heavy atom. The van der Waals surface area contributed by atoms with Crippen molar-refractivity contribution in [2.24, 2.45) is 5.10 Å². The van der Waals surface area contributed by atoms with E-state index in [0.29, 0.717) is 17.9 Å². The number of rotatable bonds is 9. The van der Waals surface area contributed by atoms with Crippen molar-refractivity contribution < 1.29 is 9.53 Å². The number of hydrogen-bond donors (Lipinski definition) is 1. The molecule has 1 N–H and O–H groups in total. The topological polar surface area (TPSA) is 53.9 Å². The van der Waals surface area contributed by atoms with E-state index in [2.05, 4.69) is 41.4 Å². The molecule has 2 aromatic rings. The first kappa shape index (κ1) is 19.5. The van der Waals surface area contributed by atoms with Gasteiger partial charge in [0, 0.05) is 18.8 Å². The van der Waals surface area contributed by atoms with Crippen LogP contribution in [0.2, 0.25) is 0 Å². The fourth-order valence-electron chi connectivity index (χ4n) is 2.58. The Hall–Kier alpha value is -2.82. The summed E-state index contributed by atoms with van der Waals surface area (Å²) in [6, 6.07) is 15.3. The molecule has 0 aromatic heterocycles.